The van der Waals surface area contributed by atoms with Gasteiger partial charge in [-0.25, -0.2) is 4.39 Å². The third-order valence-electron chi connectivity index (χ3n) is 3.14. The highest BCUT2D eigenvalue weighted by molar-refractivity contribution is 9.10. The molecule has 3 aromatic rings. The normalized spacial score (nSPS) is 10.7. The van der Waals surface area contributed by atoms with Crippen molar-refractivity contribution in [2.75, 3.05) is 5.32 Å². The van der Waals surface area contributed by atoms with Gasteiger partial charge in [0, 0.05) is 23.8 Å². The number of benzene rings is 2. The molecule has 0 aliphatic carbocycles. The van der Waals surface area contributed by atoms with Crippen molar-refractivity contribution in [3.8, 4) is 0 Å². The van der Waals surface area contributed by atoms with Crippen molar-refractivity contribution in [1.29, 1.82) is 0 Å². The Morgan fingerprint density at radius 3 is 2.80 bits per heavy atom. The molecule has 0 aliphatic heterocycles. The minimum atomic E-state index is -0.259. The summed E-state index contributed by atoms with van der Waals surface area (Å²) >= 11 is 3.19. The first-order valence-electron chi connectivity index (χ1n) is 6.25. The Balaban J connectivity index is 1.85. The maximum absolute atomic E-state index is 13.2. The summed E-state index contributed by atoms with van der Waals surface area (Å²) in [4.78, 5) is 4.34. The second kappa shape index (κ2) is 5.59. The molecule has 20 heavy (non-hydrogen) atoms. The predicted molar refractivity (Wildman–Crippen MR) is 83.2 cm³/mol. The van der Waals surface area contributed by atoms with Crippen LogP contribution >= 0.6 is 15.9 Å². The van der Waals surface area contributed by atoms with Crippen molar-refractivity contribution < 1.29 is 4.39 Å². The van der Waals surface area contributed by atoms with E-state index in [-0.39, 0.29) is 5.82 Å². The van der Waals surface area contributed by atoms with Gasteiger partial charge in [-0.1, -0.05) is 18.2 Å². The number of nitrogens with one attached hydrogen (secondary N) is 1. The lowest BCUT2D eigenvalue weighted by atomic mass is 10.1. The van der Waals surface area contributed by atoms with Crippen molar-refractivity contribution in [2.45, 2.75) is 6.54 Å². The number of anilines is 1. The van der Waals surface area contributed by atoms with Crippen molar-refractivity contribution in [1.82, 2.24) is 4.98 Å². The maximum Gasteiger partial charge on any atom is 0.137 e. The monoisotopic (exact) mass is 330 g/mol. The van der Waals surface area contributed by atoms with Crippen LogP contribution in [-0.2, 0) is 6.54 Å². The van der Waals surface area contributed by atoms with E-state index in [1.807, 2.05) is 24.3 Å². The second-order valence-corrected chi connectivity index (χ2v) is 5.32. The van der Waals surface area contributed by atoms with Crippen molar-refractivity contribution in [3.05, 3.63) is 70.6 Å². The lowest BCUT2D eigenvalue weighted by Crippen LogP contribution is -2.00. The van der Waals surface area contributed by atoms with Crippen LogP contribution in [0.5, 0.6) is 0 Å². The van der Waals surface area contributed by atoms with Gasteiger partial charge in [-0.05, 0) is 51.8 Å². The zero-order valence-corrected chi connectivity index (χ0v) is 12.2. The average molecular weight is 331 g/mol. The van der Waals surface area contributed by atoms with Crippen LogP contribution in [0, 0.1) is 5.82 Å². The lowest BCUT2D eigenvalue weighted by Gasteiger charge is -2.09. The molecule has 0 bridgehead atoms. The predicted octanol–water partition coefficient (Wildman–Crippen LogP) is 4.75. The van der Waals surface area contributed by atoms with Crippen LogP contribution in [0.25, 0.3) is 10.9 Å². The van der Waals surface area contributed by atoms with Crippen molar-refractivity contribution in [3.63, 3.8) is 0 Å². The average Bonchev–Trinajstić information content (AvgIpc) is 2.48. The fourth-order valence-electron chi connectivity index (χ4n) is 2.11. The van der Waals surface area contributed by atoms with E-state index < -0.39 is 0 Å². The van der Waals surface area contributed by atoms with Gasteiger partial charge in [-0.3, -0.25) is 4.98 Å². The maximum atomic E-state index is 13.2. The largest absolute Gasteiger partial charge is 0.381 e. The Bertz CT molecular complexity index is 753. The molecule has 1 heterocycles. The SMILES string of the molecule is Fc1ccc(NCc2ccnc3ccccc23)cc1Br. The molecule has 4 heteroatoms. The summed E-state index contributed by atoms with van der Waals surface area (Å²) in [5, 5.41) is 4.43. The van der Waals surface area contributed by atoms with E-state index in [9.17, 15) is 4.39 Å². The highest BCUT2D eigenvalue weighted by Gasteiger charge is 2.03. The number of rotatable bonds is 3. The first-order valence-corrected chi connectivity index (χ1v) is 7.05. The fourth-order valence-corrected chi connectivity index (χ4v) is 2.49. The molecule has 0 atom stereocenters. The van der Waals surface area contributed by atoms with Crippen LogP contribution in [0.1, 0.15) is 5.56 Å². The van der Waals surface area contributed by atoms with Crippen LogP contribution in [0.2, 0.25) is 0 Å². The van der Waals surface area contributed by atoms with E-state index in [1.165, 1.54) is 6.07 Å². The van der Waals surface area contributed by atoms with E-state index >= 15 is 0 Å². The van der Waals surface area contributed by atoms with Crippen LogP contribution in [0.4, 0.5) is 10.1 Å². The summed E-state index contributed by atoms with van der Waals surface area (Å²) in [5.41, 5.74) is 3.02. The number of hydrogen-bond acceptors (Lipinski definition) is 2. The molecule has 1 N–H and O–H groups in total. The van der Waals surface area contributed by atoms with Gasteiger partial charge in [0.2, 0.25) is 0 Å². The molecule has 100 valence electrons. The van der Waals surface area contributed by atoms with E-state index in [2.05, 4.69) is 32.3 Å². The molecule has 0 saturated carbocycles. The summed E-state index contributed by atoms with van der Waals surface area (Å²) in [6, 6.07) is 14.9. The Kier molecular flexibility index (Phi) is 3.65. The zero-order valence-electron chi connectivity index (χ0n) is 10.6. The van der Waals surface area contributed by atoms with Crippen LogP contribution in [-0.4, -0.2) is 4.98 Å². The standard InChI is InChI=1S/C16H12BrFN2/c17-14-9-12(5-6-15(14)18)20-10-11-7-8-19-16-4-2-1-3-13(11)16/h1-9,20H,10H2. The summed E-state index contributed by atoms with van der Waals surface area (Å²) in [7, 11) is 0. The third kappa shape index (κ3) is 2.65. The number of pyridine rings is 1. The van der Waals surface area contributed by atoms with Gasteiger partial charge in [-0.2, -0.15) is 0 Å². The quantitative estimate of drug-likeness (QED) is 0.749. The van der Waals surface area contributed by atoms with Crippen molar-refractivity contribution in [2.24, 2.45) is 0 Å². The van der Waals surface area contributed by atoms with Crippen LogP contribution < -0.4 is 5.32 Å². The Hall–Kier alpha value is -1.94. The minimum absolute atomic E-state index is 0.259. The molecule has 0 saturated heterocycles. The number of hydrogen-bond donors (Lipinski definition) is 1. The fraction of sp³-hybridized carbons (Fsp3) is 0.0625. The Morgan fingerprint density at radius 2 is 1.95 bits per heavy atom. The zero-order chi connectivity index (χ0) is 13.9. The molecule has 0 spiro atoms. The second-order valence-electron chi connectivity index (χ2n) is 4.47. The number of halogens is 2. The van der Waals surface area contributed by atoms with E-state index in [0.29, 0.717) is 11.0 Å². The van der Waals surface area contributed by atoms with E-state index in [4.69, 9.17) is 0 Å². The van der Waals surface area contributed by atoms with E-state index in [0.717, 1.165) is 22.2 Å². The lowest BCUT2D eigenvalue weighted by molar-refractivity contribution is 0.621. The number of fused-ring (bicyclic) bond motifs is 1. The minimum Gasteiger partial charge on any atom is -0.381 e. The molecule has 0 unspecified atom stereocenters. The van der Waals surface area contributed by atoms with Crippen LogP contribution in [0.15, 0.2) is 59.2 Å². The Morgan fingerprint density at radius 1 is 1.10 bits per heavy atom. The third-order valence-corrected chi connectivity index (χ3v) is 3.75. The smallest absolute Gasteiger partial charge is 0.137 e. The highest BCUT2D eigenvalue weighted by Crippen LogP contribution is 2.22. The molecular formula is C16H12BrFN2. The van der Waals surface area contributed by atoms with E-state index in [1.54, 1.807) is 18.3 Å². The highest BCUT2D eigenvalue weighted by atomic mass is 79.9. The summed E-state index contributed by atoms with van der Waals surface area (Å²) in [6.45, 7) is 0.668. The van der Waals surface area contributed by atoms with Gasteiger partial charge in [0.15, 0.2) is 0 Å². The molecule has 2 aromatic carbocycles. The van der Waals surface area contributed by atoms with Gasteiger partial charge in [0.05, 0.1) is 9.99 Å². The molecule has 0 aliphatic rings. The number of para-hydroxylation sites is 1. The first-order chi connectivity index (χ1) is 9.74. The van der Waals surface area contributed by atoms with Crippen molar-refractivity contribution >= 4 is 32.5 Å². The topological polar surface area (TPSA) is 24.9 Å². The number of nitrogens with zero attached hydrogens (tertiary/aromatic N) is 1. The molecule has 2 nitrogen and oxygen atoms in total. The van der Waals surface area contributed by atoms with Gasteiger partial charge in [-0.15, -0.1) is 0 Å². The van der Waals surface area contributed by atoms with Crippen LogP contribution in [0.3, 0.4) is 0 Å². The molecule has 0 fully saturated rings. The Labute approximate surface area is 124 Å². The van der Waals surface area contributed by atoms with Gasteiger partial charge >= 0.3 is 0 Å². The number of aromatic nitrogens is 1. The molecule has 1 aromatic heterocycles. The molecular weight excluding hydrogens is 319 g/mol. The van der Waals surface area contributed by atoms with Gasteiger partial charge in [0.1, 0.15) is 5.82 Å². The molecule has 0 radical (unpaired) electrons. The first kappa shape index (κ1) is 13.1. The summed E-state index contributed by atoms with van der Waals surface area (Å²) in [6.07, 6.45) is 1.81. The van der Waals surface area contributed by atoms with Gasteiger partial charge < -0.3 is 5.32 Å². The summed E-state index contributed by atoms with van der Waals surface area (Å²) in [5.74, 6) is -0.259. The molecule has 3 rings (SSSR count). The molecule has 0 amide bonds. The summed E-state index contributed by atoms with van der Waals surface area (Å²) < 4.78 is 13.6. The van der Waals surface area contributed by atoms with Gasteiger partial charge in [0.25, 0.3) is 0 Å².